The van der Waals surface area contributed by atoms with Crippen molar-refractivity contribution in [1.29, 1.82) is 0 Å². The summed E-state index contributed by atoms with van der Waals surface area (Å²) in [6.07, 6.45) is -0.749. The Labute approximate surface area is 173 Å². The number of fused-ring (bicyclic) bond motifs is 1. The van der Waals surface area contributed by atoms with Gasteiger partial charge in [0.1, 0.15) is 4.83 Å². The van der Waals surface area contributed by atoms with Crippen molar-refractivity contribution in [2.24, 2.45) is 0 Å². The molecule has 1 amide bonds. The van der Waals surface area contributed by atoms with Crippen molar-refractivity contribution in [3.63, 3.8) is 0 Å². The first-order chi connectivity index (χ1) is 14.0. The smallest absolute Gasteiger partial charge is 0.264 e. The lowest BCUT2D eigenvalue weighted by atomic mass is 10.0. The van der Waals surface area contributed by atoms with Crippen molar-refractivity contribution in [1.82, 2.24) is 14.7 Å². The normalized spacial score (nSPS) is 13.4. The van der Waals surface area contributed by atoms with Crippen LogP contribution in [0.2, 0.25) is 0 Å². The van der Waals surface area contributed by atoms with E-state index in [4.69, 9.17) is 0 Å². The highest BCUT2D eigenvalue weighted by molar-refractivity contribution is 7.20. The van der Waals surface area contributed by atoms with Crippen LogP contribution in [0.5, 0.6) is 0 Å². The lowest BCUT2D eigenvalue weighted by Gasteiger charge is -2.29. The molecule has 2 aromatic heterocycles. The number of rotatable bonds is 5. The van der Waals surface area contributed by atoms with Crippen LogP contribution in [0.4, 0.5) is 0 Å². The van der Waals surface area contributed by atoms with Crippen LogP contribution in [0.1, 0.15) is 34.0 Å². The minimum Gasteiger partial charge on any atom is -0.386 e. The van der Waals surface area contributed by atoms with Crippen molar-refractivity contribution >= 4 is 27.5 Å². The van der Waals surface area contributed by atoms with Crippen LogP contribution in [-0.2, 0) is 0 Å². The molecule has 4 aromatic rings. The average Bonchev–Trinajstić information content (AvgIpc) is 3.33. The summed E-state index contributed by atoms with van der Waals surface area (Å²) in [5.74, 6) is -0.104. The Morgan fingerprint density at radius 3 is 2.38 bits per heavy atom. The molecule has 4 rings (SSSR count). The zero-order valence-corrected chi connectivity index (χ0v) is 17.4. The van der Waals surface area contributed by atoms with Crippen molar-refractivity contribution in [2.75, 3.05) is 7.05 Å². The molecule has 6 heteroatoms. The highest BCUT2D eigenvalue weighted by Gasteiger charge is 2.27. The lowest BCUT2D eigenvalue weighted by molar-refractivity contribution is 0.0491. The molecule has 148 valence electrons. The van der Waals surface area contributed by atoms with Crippen molar-refractivity contribution < 1.29 is 9.90 Å². The first-order valence-corrected chi connectivity index (χ1v) is 10.3. The molecule has 5 nitrogen and oxygen atoms in total. The summed E-state index contributed by atoms with van der Waals surface area (Å²) >= 11 is 1.43. The number of nitrogens with zero attached hydrogens (tertiary/aromatic N) is 3. The molecular formula is C23H23N3O2S. The van der Waals surface area contributed by atoms with Gasteiger partial charge in [0, 0.05) is 12.4 Å². The van der Waals surface area contributed by atoms with Gasteiger partial charge in [0.2, 0.25) is 0 Å². The highest BCUT2D eigenvalue weighted by Crippen LogP contribution is 2.32. The quantitative estimate of drug-likeness (QED) is 0.528. The third kappa shape index (κ3) is 3.57. The van der Waals surface area contributed by atoms with Crippen LogP contribution in [0.25, 0.3) is 15.9 Å². The highest BCUT2D eigenvalue weighted by atomic mass is 32.1. The number of aryl methyl sites for hydroxylation is 1. The summed E-state index contributed by atoms with van der Waals surface area (Å²) < 4.78 is 1.88. The van der Waals surface area contributed by atoms with Gasteiger partial charge in [-0.25, -0.2) is 4.68 Å². The molecule has 0 bridgehead atoms. The van der Waals surface area contributed by atoms with Crippen LogP contribution >= 0.6 is 11.3 Å². The number of carbonyl (C=O) groups excluding carboxylic acids is 1. The summed E-state index contributed by atoms with van der Waals surface area (Å²) in [4.78, 5) is 16.3. The SMILES string of the molecule is Cc1nn(-c2ccccc2)c2sc(C(=O)N(C)[C@H](C)[C@@H](O)c3ccccc3)cc12. The molecule has 0 saturated carbocycles. The minimum atomic E-state index is -0.749. The van der Waals surface area contributed by atoms with E-state index >= 15 is 0 Å². The van der Waals surface area contributed by atoms with E-state index in [0.29, 0.717) is 4.88 Å². The zero-order chi connectivity index (χ0) is 20.5. The predicted molar refractivity (Wildman–Crippen MR) is 117 cm³/mol. The van der Waals surface area contributed by atoms with Gasteiger partial charge in [-0.3, -0.25) is 4.79 Å². The Hall–Kier alpha value is -2.96. The van der Waals surface area contributed by atoms with Gasteiger partial charge in [0.05, 0.1) is 28.4 Å². The molecule has 0 radical (unpaired) electrons. The second-order valence-electron chi connectivity index (χ2n) is 7.17. The Bertz CT molecular complexity index is 1140. The monoisotopic (exact) mass is 405 g/mol. The molecule has 0 spiro atoms. The topological polar surface area (TPSA) is 58.4 Å². The summed E-state index contributed by atoms with van der Waals surface area (Å²) in [6.45, 7) is 3.81. The molecule has 0 aliphatic carbocycles. The van der Waals surface area contributed by atoms with E-state index in [2.05, 4.69) is 5.10 Å². The van der Waals surface area contributed by atoms with Gasteiger partial charge in [-0.2, -0.15) is 5.10 Å². The van der Waals surface area contributed by atoms with E-state index in [1.54, 1.807) is 11.9 Å². The van der Waals surface area contributed by atoms with Gasteiger partial charge >= 0.3 is 0 Å². The number of aliphatic hydroxyl groups is 1. The van der Waals surface area contributed by atoms with Crippen LogP contribution in [0.15, 0.2) is 66.7 Å². The van der Waals surface area contributed by atoms with Crippen LogP contribution in [0, 0.1) is 6.92 Å². The third-order valence-corrected chi connectivity index (χ3v) is 6.38. The van der Waals surface area contributed by atoms with Crippen LogP contribution in [0.3, 0.4) is 0 Å². The van der Waals surface area contributed by atoms with E-state index in [-0.39, 0.29) is 11.9 Å². The molecule has 0 aliphatic rings. The zero-order valence-electron chi connectivity index (χ0n) is 16.6. The van der Waals surface area contributed by atoms with Crippen molar-refractivity contribution in [3.05, 3.63) is 82.9 Å². The van der Waals surface area contributed by atoms with Gasteiger partial charge in [-0.15, -0.1) is 11.3 Å². The van der Waals surface area contributed by atoms with E-state index < -0.39 is 6.10 Å². The number of aliphatic hydroxyl groups excluding tert-OH is 1. The molecule has 29 heavy (non-hydrogen) atoms. The van der Waals surface area contributed by atoms with E-state index in [0.717, 1.165) is 27.2 Å². The minimum absolute atomic E-state index is 0.104. The second kappa shape index (κ2) is 7.81. The number of hydrogen-bond acceptors (Lipinski definition) is 4. The molecule has 0 fully saturated rings. The van der Waals surface area contributed by atoms with E-state index in [1.807, 2.05) is 85.3 Å². The number of amides is 1. The number of benzene rings is 2. The van der Waals surface area contributed by atoms with Crippen LogP contribution < -0.4 is 0 Å². The summed E-state index contributed by atoms with van der Waals surface area (Å²) in [5, 5.41) is 16.3. The molecule has 0 saturated heterocycles. The third-order valence-electron chi connectivity index (χ3n) is 5.29. The molecule has 1 N–H and O–H groups in total. The summed E-state index contributed by atoms with van der Waals surface area (Å²) in [5.41, 5.74) is 2.65. The number of likely N-dealkylation sites (N-methyl/N-ethyl adjacent to an activating group) is 1. The molecule has 2 heterocycles. The maximum atomic E-state index is 13.1. The molecule has 2 atom stereocenters. The van der Waals surface area contributed by atoms with Crippen molar-refractivity contribution in [3.8, 4) is 5.69 Å². The van der Waals surface area contributed by atoms with Gasteiger partial charge < -0.3 is 10.0 Å². The maximum Gasteiger partial charge on any atom is 0.264 e. The molecular weight excluding hydrogens is 382 g/mol. The Morgan fingerprint density at radius 2 is 1.72 bits per heavy atom. The van der Waals surface area contributed by atoms with Gasteiger partial charge in [0.15, 0.2) is 0 Å². The molecule has 2 aromatic carbocycles. The lowest BCUT2D eigenvalue weighted by Crippen LogP contribution is -2.38. The predicted octanol–water partition coefficient (Wildman–Crippen LogP) is 4.59. The van der Waals surface area contributed by atoms with Gasteiger partial charge in [-0.05, 0) is 37.6 Å². The molecule has 0 unspecified atom stereocenters. The Morgan fingerprint density at radius 1 is 1.10 bits per heavy atom. The average molecular weight is 406 g/mol. The number of thiophene rings is 1. The first kappa shape index (κ1) is 19.4. The van der Waals surface area contributed by atoms with Crippen LogP contribution in [-0.4, -0.2) is 38.8 Å². The van der Waals surface area contributed by atoms with E-state index in [1.165, 1.54) is 11.3 Å². The first-order valence-electron chi connectivity index (χ1n) is 9.52. The van der Waals surface area contributed by atoms with Gasteiger partial charge in [0.25, 0.3) is 5.91 Å². The summed E-state index contributed by atoms with van der Waals surface area (Å²) in [7, 11) is 1.74. The maximum absolute atomic E-state index is 13.1. The number of para-hydroxylation sites is 1. The standard InChI is InChI=1S/C23H23N3O2S/c1-15-19-14-20(29-23(19)26(24-15)18-12-8-5-9-13-18)22(28)25(3)16(2)21(27)17-10-6-4-7-11-17/h4-14,16,21,27H,1-3H3/t16-,21-/m1/s1. The Kier molecular flexibility index (Phi) is 5.22. The summed E-state index contributed by atoms with van der Waals surface area (Å²) in [6, 6.07) is 20.9. The fourth-order valence-electron chi connectivity index (χ4n) is 3.40. The Balaban J connectivity index is 1.63. The fraction of sp³-hybridized carbons (Fsp3) is 0.217. The van der Waals surface area contributed by atoms with Gasteiger partial charge in [-0.1, -0.05) is 48.5 Å². The van der Waals surface area contributed by atoms with E-state index in [9.17, 15) is 9.90 Å². The van der Waals surface area contributed by atoms with Crippen molar-refractivity contribution in [2.45, 2.75) is 26.0 Å². The largest absolute Gasteiger partial charge is 0.386 e. The fourth-order valence-corrected chi connectivity index (χ4v) is 4.56. The number of carbonyl (C=O) groups is 1. The number of hydrogen-bond donors (Lipinski definition) is 1. The number of aromatic nitrogens is 2. The second-order valence-corrected chi connectivity index (χ2v) is 8.21. The molecule has 0 aliphatic heterocycles.